The lowest BCUT2D eigenvalue weighted by Gasteiger charge is -2.15. The van der Waals surface area contributed by atoms with E-state index in [-0.39, 0.29) is 18.5 Å². The van der Waals surface area contributed by atoms with Crippen LogP contribution in [0.3, 0.4) is 0 Å². The molecule has 26 heavy (non-hydrogen) atoms. The second-order valence-corrected chi connectivity index (χ2v) is 6.50. The lowest BCUT2D eigenvalue weighted by Crippen LogP contribution is -2.30. The lowest BCUT2D eigenvalue weighted by molar-refractivity contribution is -0.115. The SMILES string of the molecule is Cc1cccc(NC(=O)CN(C)c2nc(-c3cccc(Cl)c3)no2)c1C. The van der Waals surface area contributed by atoms with Gasteiger partial charge in [-0.1, -0.05) is 41.0 Å². The molecule has 1 N–H and O–H groups in total. The summed E-state index contributed by atoms with van der Waals surface area (Å²) in [7, 11) is 1.72. The molecule has 0 saturated carbocycles. The molecule has 1 heterocycles. The molecule has 6 nitrogen and oxygen atoms in total. The van der Waals surface area contributed by atoms with Crippen molar-refractivity contribution in [2.45, 2.75) is 13.8 Å². The summed E-state index contributed by atoms with van der Waals surface area (Å²) in [5.74, 6) is 0.257. The van der Waals surface area contributed by atoms with Gasteiger partial charge in [0.15, 0.2) is 0 Å². The summed E-state index contributed by atoms with van der Waals surface area (Å²) < 4.78 is 5.26. The van der Waals surface area contributed by atoms with E-state index in [4.69, 9.17) is 16.1 Å². The van der Waals surface area contributed by atoms with Crippen LogP contribution < -0.4 is 10.2 Å². The van der Waals surface area contributed by atoms with E-state index in [1.54, 1.807) is 24.1 Å². The number of likely N-dealkylation sites (N-methyl/N-ethyl adjacent to an activating group) is 1. The first-order valence-electron chi connectivity index (χ1n) is 8.11. The fourth-order valence-electron chi connectivity index (χ4n) is 2.47. The Morgan fingerprint density at radius 3 is 2.77 bits per heavy atom. The monoisotopic (exact) mass is 370 g/mol. The molecule has 0 aliphatic heterocycles. The predicted octanol–water partition coefficient (Wildman–Crippen LogP) is 4.08. The number of nitrogens with one attached hydrogen (secondary N) is 1. The minimum absolute atomic E-state index is 0.0879. The van der Waals surface area contributed by atoms with E-state index < -0.39 is 0 Å². The highest BCUT2D eigenvalue weighted by Gasteiger charge is 2.16. The van der Waals surface area contributed by atoms with Crippen molar-refractivity contribution >= 4 is 29.2 Å². The molecule has 3 rings (SSSR count). The highest BCUT2D eigenvalue weighted by atomic mass is 35.5. The number of rotatable bonds is 5. The van der Waals surface area contributed by atoms with Crippen LogP contribution in [0.2, 0.25) is 5.02 Å². The number of anilines is 2. The number of carbonyl (C=O) groups excluding carboxylic acids is 1. The van der Waals surface area contributed by atoms with Gasteiger partial charge < -0.3 is 14.7 Å². The van der Waals surface area contributed by atoms with Crippen LogP contribution in [0.25, 0.3) is 11.4 Å². The Bertz CT molecular complexity index is 939. The van der Waals surface area contributed by atoms with E-state index in [0.717, 1.165) is 22.4 Å². The number of nitrogens with zero attached hydrogens (tertiary/aromatic N) is 3. The maximum Gasteiger partial charge on any atom is 0.324 e. The Morgan fingerprint density at radius 2 is 2.00 bits per heavy atom. The highest BCUT2D eigenvalue weighted by molar-refractivity contribution is 6.30. The van der Waals surface area contributed by atoms with Crippen LogP contribution in [-0.4, -0.2) is 29.6 Å². The van der Waals surface area contributed by atoms with Gasteiger partial charge in [0.1, 0.15) is 6.54 Å². The number of carbonyl (C=O) groups is 1. The minimum atomic E-state index is -0.163. The smallest absolute Gasteiger partial charge is 0.324 e. The summed E-state index contributed by atoms with van der Waals surface area (Å²) in [6.07, 6.45) is 0. The van der Waals surface area contributed by atoms with Gasteiger partial charge in [-0.15, -0.1) is 0 Å². The topological polar surface area (TPSA) is 71.3 Å². The molecular weight excluding hydrogens is 352 g/mol. The quantitative estimate of drug-likeness (QED) is 0.732. The number of aryl methyl sites for hydroxylation is 1. The normalized spacial score (nSPS) is 10.6. The molecule has 1 amide bonds. The molecule has 0 aliphatic carbocycles. The maximum absolute atomic E-state index is 12.3. The molecule has 1 aromatic heterocycles. The fraction of sp³-hybridized carbons (Fsp3) is 0.211. The maximum atomic E-state index is 12.3. The summed E-state index contributed by atoms with van der Waals surface area (Å²) in [4.78, 5) is 18.2. The number of aromatic nitrogens is 2. The van der Waals surface area contributed by atoms with Gasteiger partial charge in [-0.05, 0) is 43.2 Å². The second kappa shape index (κ2) is 7.58. The molecule has 0 aliphatic rings. The third-order valence-electron chi connectivity index (χ3n) is 4.08. The van der Waals surface area contributed by atoms with Crippen molar-refractivity contribution in [2.24, 2.45) is 0 Å². The largest absolute Gasteiger partial charge is 0.324 e. The minimum Gasteiger partial charge on any atom is -0.324 e. The van der Waals surface area contributed by atoms with E-state index in [9.17, 15) is 4.79 Å². The van der Waals surface area contributed by atoms with Gasteiger partial charge in [0.2, 0.25) is 11.7 Å². The Kier molecular flexibility index (Phi) is 5.23. The molecule has 134 valence electrons. The molecule has 0 radical (unpaired) electrons. The molecule has 2 aromatic carbocycles. The van der Waals surface area contributed by atoms with Crippen LogP contribution >= 0.6 is 11.6 Å². The summed E-state index contributed by atoms with van der Waals surface area (Å²) in [6, 6.07) is 13.2. The zero-order valence-electron chi connectivity index (χ0n) is 14.8. The van der Waals surface area contributed by atoms with Crippen molar-refractivity contribution in [1.82, 2.24) is 10.1 Å². The average molecular weight is 371 g/mol. The first-order valence-corrected chi connectivity index (χ1v) is 8.48. The van der Waals surface area contributed by atoms with E-state index in [0.29, 0.717) is 10.8 Å². The van der Waals surface area contributed by atoms with Crippen molar-refractivity contribution in [3.05, 3.63) is 58.6 Å². The van der Waals surface area contributed by atoms with E-state index >= 15 is 0 Å². The number of hydrogen-bond acceptors (Lipinski definition) is 5. The summed E-state index contributed by atoms with van der Waals surface area (Å²) >= 11 is 5.98. The Balaban J connectivity index is 1.67. The average Bonchev–Trinajstić information content (AvgIpc) is 3.09. The molecule has 0 bridgehead atoms. The fourth-order valence-corrected chi connectivity index (χ4v) is 2.66. The predicted molar refractivity (Wildman–Crippen MR) is 103 cm³/mol. The van der Waals surface area contributed by atoms with Gasteiger partial charge in [0.05, 0.1) is 0 Å². The molecule has 0 atom stereocenters. The molecule has 0 spiro atoms. The summed E-state index contributed by atoms with van der Waals surface area (Å²) in [5, 5.41) is 7.45. The van der Waals surface area contributed by atoms with Gasteiger partial charge in [0, 0.05) is 23.3 Å². The molecule has 0 saturated heterocycles. The van der Waals surface area contributed by atoms with E-state index in [2.05, 4.69) is 15.5 Å². The number of halogens is 1. The van der Waals surface area contributed by atoms with Crippen LogP contribution in [0.15, 0.2) is 47.0 Å². The van der Waals surface area contributed by atoms with Crippen LogP contribution in [0.4, 0.5) is 11.7 Å². The number of hydrogen-bond donors (Lipinski definition) is 1. The van der Waals surface area contributed by atoms with Crippen molar-refractivity contribution in [3.8, 4) is 11.4 Å². The standard InChI is InChI=1S/C19H19ClN4O2/c1-12-6-4-9-16(13(12)2)21-17(25)11-24(3)19-22-18(23-26-19)14-7-5-8-15(20)10-14/h4-10H,11H2,1-3H3,(H,21,25). The van der Waals surface area contributed by atoms with Gasteiger partial charge in [-0.3, -0.25) is 4.79 Å². The molecular formula is C19H19ClN4O2. The van der Waals surface area contributed by atoms with Crippen molar-refractivity contribution in [1.29, 1.82) is 0 Å². The molecule has 0 fully saturated rings. The first kappa shape index (κ1) is 17.9. The van der Waals surface area contributed by atoms with Crippen LogP contribution in [-0.2, 0) is 4.79 Å². The third-order valence-corrected chi connectivity index (χ3v) is 4.32. The zero-order valence-corrected chi connectivity index (χ0v) is 15.5. The van der Waals surface area contributed by atoms with Gasteiger partial charge in [0.25, 0.3) is 0 Å². The van der Waals surface area contributed by atoms with Gasteiger partial charge in [-0.2, -0.15) is 4.98 Å². The molecule has 3 aromatic rings. The van der Waals surface area contributed by atoms with Gasteiger partial charge >= 0.3 is 6.01 Å². The van der Waals surface area contributed by atoms with E-state index in [1.165, 1.54) is 0 Å². The lowest BCUT2D eigenvalue weighted by atomic mass is 10.1. The second-order valence-electron chi connectivity index (χ2n) is 6.06. The van der Waals surface area contributed by atoms with Crippen molar-refractivity contribution in [3.63, 3.8) is 0 Å². The Labute approximate surface area is 156 Å². The van der Waals surface area contributed by atoms with Crippen molar-refractivity contribution in [2.75, 3.05) is 23.8 Å². The van der Waals surface area contributed by atoms with Crippen LogP contribution in [0, 0.1) is 13.8 Å². The van der Waals surface area contributed by atoms with Crippen LogP contribution in [0.5, 0.6) is 0 Å². The summed E-state index contributed by atoms with van der Waals surface area (Å²) in [5.41, 5.74) is 3.72. The Hall–Kier alpha value is -2.86. The number of benzene rings is 2. The Morgan fingerprint density at radius 1 is 1.23 bits per heavy atom. The third kappa shape index (κ3) is 4.03. The van der Waals surface area contributed by atoms with Crippen LogP contribution in [0.1, 0.15) is 11.1 Å². The van der Waals surface area contributed by atoms with Crippen molar-refractivity contribution < 1.29 is 9.32 Å². The highest BCUT2D eigenvalue weighted by Crippen LogP contribution is 2.22. The summed E-state index contributed by atoms with van der Waals surface area (Å²) in [6.45, 7) is 4.07. The zero-order chi connectivity index (χ0) is 18.7. The molecule has 0 unspecified atom stereocenters. The first-order chi connectivity index (χ1) is 12.4. The van der Waals surface area contributed by atoms with E-state index in [1.807, 2.05) is 44.2 Å². The van der Waals surface area contributed by atoms with Gasteiger partial charge in [-0.25, -0.2) is 0 Å². The molecule has 7 heteroatoms. The number of amides is 1.